The van der Waals surface area contributed by atoms with E-state index in [1.807, 2.05) is 32.0 Å². The summed E-state index contributed by atoms with van der Waals surface area (Å²) in [5.41, 5.74) is 8.81. The molecule has 2 nitrogen and oxygen atoms in total. The van der Waals surface area contributed by atoms with E-state index in [2.05, 4.69) is 0 Å². The van der Waals surface area contributed by atoms with Crippen molar-refractivity contribution >= 4 is 11.5 Å². The number of ketones is 1. The van der Waals surface area contributed by atoms with Crippen molar-refractivity contribution in [3.8, 4) is 0 Å². The molecule has 0 bridgehead atoms. The molecule has 0 aliphatic rings. The Balaban J connectivity index is 2.78. The maximum atomic E-state index is 11.1. The van der Waals surface area contributed by atoms with E-state index in [4.69, 9.17) is 5.73 Å². The van der Waals surface area contributed by atoms with Crippen molar-refractivity contribution in [1.82, 2.24) is 0 Å². The first-order valence-corrected chi connectivity index (χ1v) is 4.86. The molecule has 2 heteroatoms. The van der Waals surface area contributed by atoms with Crippen LogP contribution in [-0.4, -0.2) is 5.78 Å². The molecule has 0 amide bonds. The summed E-state index contributed by atoms with van der Waals surface area (Å²) in [5.74, 6) is 0.307. The average molecular weight is 191 g/mol. The number of anilines is 1. The number of hydrogen-bond acceptors (Lipinski definition) is 2. The van der Waals surface area contributed by atoms with Crippen LogP contribution in [0.15, 0.2) is 18.2 Å². The predicted octanol–water partition coefficient (Wildman–Crippen LogP) is 2.34. The molecule has 1 aromatic rings. The van der Waals surface area contributed by atoms with Gasteiger partial charge in [-0.05, 0) is 37.5 Å². The van der Waals surface area contributed by atoms with Gasteiger partial charge in [0.2, 0.25) is 0 Å². The lowest BCUT2D eigenvalue weighted by molar-refractivity contribution is -0.120. The maximum absolute atomic E-state index is 11.1. The minimum absolute atomic E-state index is 0.0807. The van der Waals surface area contributed by atoms with Crippen molar-refractivity contribution in [2.45, 2.75) is 27.2 Å². The number of carbonyl (C=O) groups is 1. The fourth-order valence-corrected chi connectivity index (χ4v) is 1.31. The molecule has 76 valence electrons. The van der Waals surface area contributed by atoms with Gasteiger partial charge in [0.25, 0.3) is 0 Å². The zero-order valence-corrected chi connectivity index (χ0v) is 9.00. The molecule has 1 rings (SSSR count). The monoisotopic (exact) mass is 191 g/mol. The molecule has 1 atom stereocenters. The minimum Gasteiger partial charge on any atom is -0.399 e. The number of Topliss-reactive ketones (excluding diaryl/α,β-unsaturated/α-hetero) is 1. The quantitative estimate of drug-likeness (QED) is 0.745. The van der Waals surface area contributed by atoms with Gasteiger partial charge in [-0.15, -0.1) is 0 Å². The van der Waals surface area contributed by atoms with Crippen LogP contribution in [0.25, 0.3) is 0 Å². The van der Waals surface area contributed by atoms with Gasteiger partial charge in [-0.3, -0.25) is 4.79 Å². The van der Waals surface area contributed by atoms with Gasteiger partial charge in [-0.1, -0.05) is 19.1 Å². The summed E-state index contributed by atoms with van der Waals surface area (Å²) in [7, 11) is 0. The highest BCUT2D eigenvalue weighted by Crippen LogP contribution is 2.16. The summed E-state index contributed by atoms with van der Waals surface area (Å²) < 4.78 is 0. The fraction of sp³-hybridized carbons (Fsp3) is 0.417. The second kappa shape index (κ2) is 4.27. The first-order valence-electron chi connectivity index (χ1n) is 4.86. The predicted molar refractivity (Wildman–Crippen MR) is 59.1 cm³/mol. The summed E-state index contributed by atoms with van der Waals surface area (Å²) >= 11 is 0. The Hall–Kier alpha value is -1.31. The topological polar surface area (TPSA) is 43.1 Å². The summed E-state index contributed by atoms with van der Waals surface area (Å²) in [6.45, 7) is 5.55. The molecule has 2 N–H and O–H groups in total. The first-order chi connectivity index (χ1) is 6.50. The van der Waals surface area contributed by atoms with Crippen LogP contribution in [0.4, 0.5) is 5.69 Å². The number of nitrogen functional groups attached to an aromatic ring is 1. The van der Waals surface area contributed by atoms with Gasteiger partial charge in [0.15, 0.2) is 0 Å². The lowest BCUT2D eigenvalue weighted by Crippen LogP contribution is -2.09. The number of rotatable bonds is 3. The van der Waals surface area contributed by atoms with Crippen LogP contribution in [0.2, 0.25) is 0 Å². The first kappa shape index (κ1) is 10.8. The lowest BCUT2D eigenvalue weighted by atomic mass is 9.97. The highest BCUT2D eigenvalue weighted by molar-refractivity contribution is 5.78. The van der Waals surface area contributed by atoms with Crippen molar-refractivity contribution in [1.29, 1.82) is 0 Å². The molecule has 1 unspecified atom stereocenters. The van der Waals surface area contributed by atoms with Crippen LogP contribution < -0.4 is 5.73 Å². The van der Waals surface area contributed by atoms with Crippen LogP contribution in [0.5, 0.6) is 0 Å². The third kappa shape index (κ3) is 2.59. The molecular weight excluding hydrogens is 174 g/mol. The van der Waals surface area contributed by atoms with E-state index in [1.165, 1.54) is 0 Å². The van der Waals surface area contributed by atoms with Gasteiger partial charge in [-0.25, -0.2) is 0 Å². The van der Waals surface area contributed by atoms with E-state index in [0.717, 1.165) is 23.2 Å². The van der Waals surface area contributed by atoms with E-state index < -0.39 is 0 Å². The Morgan fingerprint density at radius 1 is 1.50 bits per heavy atom. The normalized spacial score (nSPS) is 12.5. The highest BCUT2D eigenvalue weighted by Gasteiger charge is 2.08. The summed E-state index contributed by atoms with van der Waals surface area (Å²) in [4.78, 5) is 11.1. The minimum atomic E-state index is 0.0807. The fourth-order valence-electron chi connectivity index (χ4n) is 1.31. The maximum Gasteiger partial charge on any atom is 0.132 e. The van der Waals surface area contributed by atoms with Gasteiger partial charge in [0, 0.05) is 11.6 Å². The second-order valence-electron chi connectivity index (χ2n) is 3.91. The Bertz CT molecular complexity index is 344. The molecule has 0 aromatic heterocycles. The molecule has 1 aromatic carbocycles. The molecular formula is C12H17NO. The molecule has 0 aliphatic heterocycles. The molecule has 0 spiro atoms. The van der Waals surface area contributed by atoms with Crippen molar-refractivity contribution in [2.75, 3.05) is 5.73 Å². The summed E-state index contributed by atoms with van der Waals surface area (Å²) in [6, 6.07) is 5.98. The van der Waals surface area contributed by atoms with Crippen molar-refractivity contribution < 1.29 is 4.79 Å². The number of nitrogens with two attached hydrogens (primary N) is 1. The van der Waals surface area contributed by atoms with E-state index in [0.29, 0.717) is 0 Å². The van der Waals surface area contributed by atoms with Crippen LogP contribution >= 0.6 is 0 Å². The van der Waals surface area contributed by atoms with Crippen molar-refractivity contribution in [3.63, 3.8) is 0 Å². The number of carbonyl (C=O) groups excluding carboxylic acids is 1. The number of benzene rings is 1. The third-order valence-corrected chi connectivity index (χ3v) is 2.58. The second-order valence-corrected chi connectivity index (χ2v) is 3.91. The smallest absolute Gasteiger partial charge is 0.132 e. The van der Waals surface area contributed by atoms with Crippen molar-refractivity contribution in [3.05, 3.63) is 29.3 Å². The lowest BCUT2D eigenvalue weighted by Gasteiger charge is -2.09. The number of aryl methyl sites for hydroxylation is 1. The zero-order chi connectivity index (χ0) is 10.7. The highest BCUT2D eigenvalue weighted by atomic mass is 16.1. The van der Waals surface area contributed by atoms with E-state index in [-0.39, 0.29) is 11.7 Å². The van der Waals surface area contributed by atoms with E-state index >= 15 is 0 Å². The largest absolute Gasteiger partial charge is 0.399 e. The summed E-state index contributed by atoms with van der Waals surface area (Å²) in [6.07, 6.45) is 0.778. The average Bonchev–Trinajstić information content (AvgIpc) is 2.11. The van der Waals surface area contributed by atoms with E-state index in [1.54, 1.807) is 6.92 Å². The van der Waals surface area contributed by atoms with Crippen LogP contribution in [0.1, 0.15) is 25.0 Å². The van der Waals surface area contributed by atoms with Crippen molar-refractivity contribution in [2.24, 2.45) is 5.92 Å². The molecule has 0 fully saturated rings. The van der Waals surface area contributed by atoms with Crippen LogP contribution in [0.3, 0.4) is 0 Å². The standard InChI is InChI=1S/C12H17NO/c1-8-4-5-11(7-12(8)13)6-9(2)10(3)14/h4-5,7,9H,6,13H2,1-3H3. The zero-order valence-electron chi connectivity index (χ0n) is 9.00. The molecule has 0 aliphatic carbocycles. The van der Waals surface area contributed by atoms with Gasteiger partial charge >= 0.3 is 0 Å². The Morgan fingerprint density at radius 2 is 2.14 bits per heavy atom. The number of hydrogen-bond donors (Lipinski definition) is 1. The van der Waals surface area contributed by atoms with Crippen LogP contribution in [-0.2, 0) is 11.2 Å². The Kier molecular flexibility index (Phi) is 3.28. The molecule has 0 saturated carbocycles. The van der Waals surface area contributed by atoms with E-state index in [9.17, 15) is 4.79 Å². The molecule has 0 saturated heterocycles. The third-order valence-electron chi connectivity index (χ3n) is 2.58. The molecule has 14 heavy (non-hydrogen) atoms. The van der Waals surface area contributed by atoms with Gasteiger partial charge < -0.3 is 5.73 Å². The van der Waals surface area contributed by atoms with Crippen LogP contribution in [0, 0.1) is 12.8 Å². The Labute approximate surface area is 85.1 Å². The van der Waals surface area contributed by atoms with Gasteiger partial charge in [-0.2, -0.15) is 0 Å². The Morgan fingerprint density at radius 3 is 2.64 bits per heavy atom. The SMILES string of the molecule is CC(=O)C(C)Cc1ccc(C)c(N)c1. The van der Waals surface area contributed by atoms with Gasteiger partial charge in [0.1, 0.15) is 5.78 Å². The molecule has 0 heterocycles. The summed E-state index contributed by atoms with van der Waals surface area (Å²) in [5, 5.41) is 0. The van der Waals surface area contributed by atoms with Gasteiger partial charge in [0.05, 0.1) is 0 Å². The molecule has 0 radical (unpaired) electrons.